The fraction of sp³-hybridized carbons (Fsp3) is 0.818. The van der Waals surface area contributed by atoms with Gasteiger partial charge in [-0.15, -0.1) is 0 Å². The summed E-state index contributed by atoms with van der Waals surface area (Å²) in [7, 11) is 0. The molecule has 6 nitrogen and oxygen atoms in total. The Hall–Kier alpha value is -1.14. The van der Waals surface area contributed by atoms with Crippen LogP contribution in [0, 0.1) is 5.41 Å². The standard InChI is InChI=1S/C11H23N3O3/c1-8(9(16)14-10(12)17)13-7-11(2,3)5-4-6-15/h8,13,15H,4-7H2,1-3H3,(H3,12,14,16,17). The number of primary amides is 1. The summed E-state index contributed by atoms with van der Waals surface area (Å²) in [4.78, 5) is 21.9. The number of hydrogen-bond acceptors (Lipinski definition) is 4. The van der Waals surface area contributed by atoms with E-state index in [9.17, 15) is 9.59 Å². The van der Waals surface area contributed by atoms with Gasteiger partial charge in [0.2, 0.25) is 5.91 Å². The summed E-state index contributed by atoms with van der Waals surface area (Å²) < 4.78 is 0. The van der Waals surface area contributed by atoms with Crippen molar-refractivity contribution in [2.45, 2.75) is 39.7 Å². The molecule has 0 aromatic carbocycles. The van der Waals surface area contributed by atoms with Crippen LogP contribution in [0.5, 0.6) is 0 Å². The van der Waals surface area contributed by atoms with E-state index in [1.54, 1.807) is 6.92 Å². The lowest BCUT2D eigenvalue weighted by molar-refractivity contribution is -0.121. The second-order valence-corrected chi connectivity index (χ2v) is 4.95. The Morgan fingerprint density at radius 2 is 2.00 bits per heavy atom. The molecule has 0 heterocycles. The Labute approximate surface area is 102 Å². The number of hydrogen-bond donors (Lipinski definition) is 4. The lowest BCUT2D eigenvalue weighted by Gasteiger charge is -2.26. The van der Waals surface area contributed by atoms with Crippen molar-refractivity contribution in [1.29, 1.82) is 0 Å². The quantitative estimate of drug-likeness (QED) is 0.505. The van der Waals surface area contributed by atoms with Crippen LogP contribution in [0.25, 0.3) is 0 Å². The zero-order valence-corrected chi connectivity index (χ0v) is 10.7. The van der Waals surface area contributed by atoms with Gasteiger partial charge in [0.25, 0.3) is 0 Å². The van der Waals surface area contributed by atoms with Crippen molar-refractivity contribution in [3.05, 3.63) is 0 Å². The number of amides is 3. The van der Waals surface area contributed by atoms with Crippen LogP contribution in [-0.4, -0.2) is 36.2 Å². The Balaban J connectivity index is 4.00. The van der Waals surface area contributed by atoms with Gasteiger partial charge in [-0.05, 0) is 25.2 Å². The summed E-state index contributed by atoms with van der Waals surface area (Å²) >= 11 is 0. The summed E-state index contributed by atoms with van der Waals surface area (Å²) in [5.74, 6) is -0.435. The number of imide groups is 1. The van der Waals surface area contributed by atoms with E-state index in [1.165, 1.54) is 0 Å². The first-order valence-corrected chi connectivity index (χ1v) is 5.73. The Kier molecular flexibility index (Phi) is 6.75. The molecule has 1 unspecified atom stereocenters. The molecule has 17 heavy (non-hydrogen) atoms. The second kappa shape index (κ2) is 7.24. The maximum absolute atomic E-state index is 11.4. The summed E-state index contributed by atoms with van der Waals surface area (Å²) in [6.45, 7) is 6.56. The van der Waals surface area contributed by atoms with Gasteiger partial charge in [0, 0.05) is 13.2 Å². The molecule has 0 rings (SSSR count). The molecule has 0 aliphatic heterocycles. The summed E-state index contributed by atoms with van der Waals surface area (Å²) in [5, 5.41) is 13.8. The highest BCUT2D eigenvalue weighted by Crippen LogP contribution is 2.20. The Morgan fingerprint density at radius 1 is 1.41 bits per heavy atom. The van der Waals surface area contributed by atoms with Gasteiger partial charge in [-0.1, -0.05) is 13.8 Å². The highest BCUT2D eigenvalue weighted by molar-refractivity contribution is 5.96. The van der Waals surface area contributed by atoms with Crippen molar-refractivity contribution in [2.75, 3.05) is 13.2 Å². The van der Waals surface area contributed by atoms with Gasteiger partial charge in [-0.25, -0.2) is 4.79 Å². The van der Waals surface area contributed by atoms with Gasteiger partial charge in [0.05, 0.1) is 6.04 Å². The van der Waals surface area contributed by atoms with Crippen molar-refractivity contribution in [1.82, 2.24) is 10.6 Å². The van der Waals surface area contributed by atoms with Gasteiger partial charge >= 0.3 is 6.03 Å². The smallest absolute Gasteiger partial charge is 0.318 e. The summed E-state index contributed by atoms with van der Waals surface area (Å²) in [6, 6.07) is -1.32. The van der Waals surface area contributed by atoms with E-state index in [2.05, 4.69) is 5.32 Å². The van der Waals surface area contributed by atoms with Crippen LogP contribution in [0.1, 0.15) is 33.6 Å². The number of aliphatic hydroxyl groups excluding tert-OH is 1. The summed E-state index contributed by atoms with van der Waals surface area (Å²) in [5.41, 5.74) is 4.84. The number of nitrogens with one attached hydrogen (secondary N) is 2. The molecule has 3 amide bonds. The average molecular weight is 245 g/mol. The third-order valence-corrected chi connectivity index (χ3v) is 2.54. The first-order chi connectivity index (χ1) is 7.78. The van der Waals surface area contributed by atoms with Crippen LogP contribution >= 0.6 is 0 Å². The minimum absolute atomic E-state index is 0.00993. The Bertz CT molecular complexity index is 267. The third-order valence-electron chi connectivity index (χ3n) is 2.54. The molecule has 0 aromatic heterocycles. The number of carbonyl (C=O) groups is 2. The number of nitrogens with two attached hydrogens (primary N) is 1. The maximum Gasteiger partial charge on any atom is 0.318 e. The van der Waals surface area contributed by atoms with Gasteiger partial charge in [0.1, 0.15) is 0 Å². The third kappa shape index (κ3) is 7.70. The minimum Gasteiger partial charge on any atom is -0.396 e. The molecule has 0 saturated carbocycles. The maximum atomic E-state index is 11.4. The molecule has 1 atom stereocenters. The van der Waals surface area contributed by atoms with E-state index in [1.807, 2.05) is 19.2 Å². The Morgan fingerprint density at radius 3 is 2.47 bits per heavy atom. The molecule has 0 radical (unpaired) electrons. The first kappa shape index (κ1) is 15.9. The van der Waals surface area contributed by atoms with Crippen LogP contribution in [0.4, 0.5) is 4.79 Å². The van der Waals surface area contributed by atoms with E-state index in [4.69, 9.17) is 10.8 Å². The number of carbonyl (C=O) groups excluding carboxylic acids is 2. The number of rotatable bonds is 7. The van der Waals surface area contributed by atoms with Crippen molar-refractivity contribution in [3.63, 3.8) is 0 Å². The fourth-order valence-corrected chi connectivity index (χ4v) is 1.40. The molecule has 0 saturated heterocycles. The molecule has 0 bridgehead atoms. The predicted molar refractivity (Wildman–Crippen MR) is 65.3 cm³/mol. The van der Waals surface area contributed by atoms with Crippen molar-refractivity contribution < 1.29 is 14.7 Å². The zero-order valence-electron chi connectivity index (χ0n) is 10.7. The van der Waals surface area contributed by atoms with E-state index >= 15 is 0 Å². The molecular weight excluding hydrogens is 222 g/mol. The van der Waals surface area contributed by atoms with E-state index in [-0.39, 0.29) is 12.0 Å². The van der Waals surface area contributed by atoms with Gasteiger partial charge in [-0.3, -0.25) is 10.1 Å². The monoisotopic (exact) mass is 245 g/mol. The van der Waals surface area contributed by atoms with Crippen LogP contribution in [0.15, 0.2) is 0 Å². The van der Waals surface area contributed by atoms with Crippen molar-refractivity contribution in [3.8, 4) is 0 Å². The normalized spacial score (nSPS) is 13.2. The molecule has 0 aliphatic carbocycles. The van der Waals surface area contributed by atoms with Gasteiger partial charge < -0.3 is 16.2 Å². The molecular formula is C11H23N3O3. The molecule has 5 N–H and O–H groups in total. The lowest BCUT2D eigenvalue weighted by atomic mass is 9.87. The highest BCUT2D eigenvalue weighted by atomic mass is 16.3. The van der Waals surface area contributed by atoms with Crippen molar-refractivity contribution in [2.24, 2.45) is 11.1 Å². The van der Waals surface area contributed by atoms with Crippen LogP contribution in [0.3, 0.4) is 0 Å². The van der Waals surface area contributed by atoms with Crippen molar-refractivity contribution >= 4 is 11.9 Å². The predicted octanol–water partition coefficient (Wildman–Crippen LogP) is -0.0419. The molecule has 100 valence electrons. The van der Waals surface area contributed by atoms with E-state index < -0.39 is 18.0 Å². The van der Waals surface area contributed by atoms with E-state index in [0.29, 0.717) is 6.54 Å². The van der Waals surface area contributed by atoms with Crippen LogP contribution in [-0.2, 0) is 4.79 Å². The molecule has 0 fully saturated rings. The van der Waals surface area contributed by atoms with Gasteiger partial charge in [-0.2, -0.15) is 0 Å². The molecule has 6 heteroatoms. The number of aliphatic hydroxyl groups is 1. The molecule has 0 spiro atoms. The van der Waals surface area contributed by atoms with Gasteiger partial charge in [0.15, 0.2) is 0 Å². The topological polar surface area (TPSA) is 104 Å². The van der Waals surface area contributed by atoms with Crippen LogP contribution < -0.4 is 16.4 Å². The summed E-state index contributed by atoms with van der Waals surface area (Å²) in [6.07, 6.45) is 1.59. The highest BCUT2D eigenvalue weighted by Gasteiger charge is 2.20. The van der Waals surface area contributed by atoms with E-state index in [0.717, 1.165) is 12.8 Å². The fourth-order valence-electron chi connectivity index (χ4n) is 1.40. The average Bonchev–Trinajstić information content (AvgIpc) is 2.22. The largest absolute Gasteiger partial charge is 0.396 e. The SMILES string of the molecule is CC(NCC(C)(C)CCCO)C(=O)NC(N)=O. The lowest BCUT2D eigenvalue weighted by Crippen LogP contribution is -2.48. The van der Waals surface area contributed by atoms with Crippen LogP contribution in [0.2, 0.25) is 0 Å². The second-order valence-electron chi connectivity index (χ2n) is 4.95. The minimum atomic E-state index is -0.844. The zero-order chi connectivity index (χ0) is 13.5. The number of urea groups is 1. The molecule has 0 aliphatic rings. The molecule has 0 aromatic rings. The first-order valence-electron chi connectivity index (χ1n) is 5.73.